The molecule has 0 aliphatic carbocycles. The number of aromatic hydroxyl groups is 1. The zero-order valence-corrected chi connectivity index (χ0v) is 9.06. The monoisotopic (exact) mass is 204 g/mol. The van der Waals surface area contributed by atoms with Crippen molar-refractivity contribution in [2.24, 2.45) is 0 Å². The maximum atomic E-state index is 9.41. The molecule has 0 saturated carbocycles. The average Bonchev–Trinajstić information content (AvgIpc) is 2.57. The minimum atomic E-state index is 0.364. The van der Waals surface area contributed by atoms with E-state index in [1.807, 2.05) is 19.1 Å². The van der Waals surface area contributed by atoms with Gasteiger partial charge in [-0.2, -0.15) is 0 Å². The van der Waals surface area contributed by atoms with Crippen LogP contribution in [-0.4, -0.2) is 5.11 Å². The quantitative estimate of drug-likeness (QED) is 0.750. The second-order valence-corrected chi connectivity index (χ2v) is 4.35. The molecule has 72 valence electrons. The van der Waals surface area contributed by atoms with Gasteiger partial charge in [0, 0.05) is 4.88 Å². The summed E-state index contributed by atoms with van der Waals surface area (Å²) in [5.74, 6) is 0.364. The van der Waals surface area contributed by atoms with Crippen molar-refractivity contribution in [3.05, 3.63) is 40.8 Å². The molecule has 0 fully saturated rings. The van der Waals surface area contributed by atoms with E-state index in [1.54, 1.807) is 17.4 Å². The first-order valence-corrected chi connectivity index (χ1v) is 5.40. The Bertz CT molecular complexity index is 457. The summed E-state index contributed by atoms with van der Waals surface area (Å²) in [4.78, 5) is 1.29. The molecule has 0 unspecified atom stereocenters. The molecular weight excluding hydrogens is 192 g/mol. The van der Waals surface area contributed by atoms with E-state index in [0.29, 0.717) is 5.75 Å². The first-order chi connectivity index (χ1) is 6.68. The molecule has 2 rings (SSSR count). The Morgan fingerprint density at radius 1 is 1.07 bits per heavy atom. The van der Waals surface area contributed by atoms with Crippen LogP contribution in [0.1, 0.15) is 11.1 Å². The topological polar surface area (TPSA) is 20.2 Å². The molecule has 0 radical (unpaired) electrons. The number of rotatable bonds is 1. The number of hydrogen-bond donors (Lipinski definition) is 1. The van der Waals surface area contributed by atoms with E-state index in [9.17, 15) is 5.11 Å². The van der Waals surface area contributed by atoms with Gasteiger partial charge >= 0.3 is 0 Å². The van der Waals surface area contributed by atoms with E-state index < -0.39 is 0 Å². The highest BCUT2D eigenvalue weighted by Crippen LogP contribution is 2.31. The van der Waals surface area contributed by atoms with E-state index in [2.05, 4.69) is 18.4 Å². The Labute approximate surface area is 87.7 Å². The average molecular weight is 204 g/mol. The molecule has 1 aromatic carbocycles. The molecule has 1 N–H and O–H groups in total. The van der Waals surface area contributed by atoms with Crippen LogP contribution in [-0.2, 0) is 0 Å². The van der Waals surface area contributed by atoms with Crippen LogP contribution in [0.5, 0.6) is 5.75 Å². The summed E-state index contributed by atoms with van der Waals surface area (Å²) in [5.41, 5.74) is 3.41. The van der Waals surface area contributed by atoms with Gasteiger partial charge in [-0.05, 0) is 60.2 Å². The molecular formula is C12H12OS. The summed E-state index contributed by atoms with van der Waals surface area (Å²) < 4.78 is 0. The van der Waals surface area contributed by atoms with Crippen molar-refractivity contribution in [3.8, 4) is 16.2 Å². The number of aryl methyl sites for hydroxylation is 2. The minimum absolute atomic E-state index is 0.364. The minimum Gasteiger partial charge on any atom is -0.508 e. The fourth-order valence-electron chi connectivity index (χ4n) is 1.47. The summed E-state index contributed by atoms with van der Waals surface area (Å²) in [6, 6.07) is 7.85. The largest absolute Gasteiger partial charge is 0.508 e. The molecule has 0 aliphatic rings. The van der Waals surface area contributed by atoms with Crippen molar-refractivity contribution in [2.45, 2.75) is 13.8 Å². The van der Waals surface area contributed by atoms with Crippen LogP contribution >= 0.6 is 11.3 Å². The standard InChI is InChI=1S/C12H12OS/c1-8-5-6-14-12(8)10-3-4-11(13)9(2)7-10/h3-7,13H,1-2H3. The van der Waals surface area contributed by atoms with Gasteiger partial charge in [-0.1, -0.05) is 0 Å². The van der Waals surface area contributed by atoms with Gasteiger partial charge in [0.15, 0.2) is 0 Å². The van der Waals surface area contributed by atoms with Crippen molar-refractivity contribution in [1.29, 1.82) is 0 Å². The van der Waals surface area contributed by atoms with Crippen LogP contribution in [0.2, 0.25) is 0 Å². The number of phenols is 1. The highest BCUT2D eigenvalue weighted by molar-refractivity contribution is 7.13. The Morgan fingerprint density at radius 3 is 2.43 bits per heavy atom. The van der Waals surface area contributed by atoms with Gasteiger partial charge in [0.1, 0.15) is 5.75 Å². The van der Waals surface area contributed by atoms with Crippen molar-refractivity contribution in [1.82, 2.24) is 0 Å². The molecule has 1 aromatic heterocycles. The zero-order chi connectivity index (χ0) is 10.1. The highest BCUT2D eigenvalue weighted by atomic mass is 32.1. The number of benzene rings is 1. The van der Waals surface area contributed by atoms with E-state index >= 15 is 0 Å². The number of thiophene rings is 1. The maximum absolute atomic E-state index is 9.41. The Balaban J connectivity index is 2.53. The zero-order valence-electron chi connectivity index (χ0n) is 8.24. The molecule has 0 amide bonds. The van der Waals surface area contributed by atoms with Crippen molar-refractivity contribution < 1.29 is 5.11 Å². The normalized spacial score (nSPS) is 10.4. The van der Waals surface area contributed by atoms with E-state index in [4.69, 9.17) is 0 Å². The molecule has 0 aliphatic heterocycles. The van der Waals surface area contributed by atoms with Crippen molar-refractivity contribution in [3.63, 3.8) is 0 Å². The van der Waals surface area contributed by atoms with E-state index in [1.165, 1.54) is 16.0 Å². The van der Waals surface area contributed by atoms with Gasteiger partial charge < -0.3 is 5.11 Å². The van der Waals surface area contributed by atoms with Gasteiger partial charge in [-0.15, -0.1) is 11.3 Å². The third-order valence-corrected chi connectivity index (χ3v) is 3.39. The summed E-state index contributed by atoms with van der Waals surface area (Å²) in [7, 11) is 0. The molecule has 0 spiro atoms. The van der Waals surface area contributed by atoms with Crippen LogP contribution in [0.25, 0.3) is 10.4 Å². The maximum Gasteiger partial charge on any atom is 0.118 e. The summed E-state index contributed by atoms with van der Waals surface area (Å²) >= 11 is 1.74. The molecule has 14 heavy (non-hydrogen) atoms. The molecule has 2 aromatic rings. The molecule has 2 heteroatoms. The molecule has 0 bridgehead atoms. The Hall–Kier alpha value is -1.28. The van der Waals surface area contributed by atoms with Crippen molar-refractivity contribution in [2.75, 3.05) is 0 Å². The Morgan fingerprint density at radius 2 is 1.86 bits per heavy atom. The second-order valence-electron chi connectivity index (χ2n) is 3.43. The van der Waals surface area contributed by atoms with Gasteiger partial charge in [-0.3, -0.25) is 0 Å². The lowest BCUT2D eigenvalue weighted by Gasteiger charge is -2.03. The lowest BCUT2D eigenvalue weighted by molar-refractivity contribution is 0.471. The highest BCUT2D eigenvalue weighted by Gasteiger charge is 2.04. The first-order valence-electron chi connectivity index (χ1n) is 4.52. The predicted octanol–water partition coefficient (Wildman–Crippen LogP) is 3.74. The number of phenolic OH excluding ortho intramolecular Hbond substituents is 1. The van der Waals surface area contributed by atoms with Crippen LogP contribution in [0.3, 0.4) is 0 Å². The van der Waals surface area contributed by atoms with Gasteiger partial charge in [0.2, 0.25) is 0 Å². The third-order valence-electron chi connectivity index (χ3n) is 2.32. The van der Waals surface area contributed by atoms with Gasteiger partial charge in [0.05, 0.1) is 0 Å². The smallest absolute Gasteiger partial charge is 0.118 e. The molecule has 0 saturated heterocycles. The lowest BCUT2D eigenvalue weighted by Crippen LogP contribution is -1.79. The van der Waals surface area contributed by atoms with Crippen molar-refractivity contribution >= 4 is 11.3 Å². The fraction of sp³-hybridized carbons (Fsp3) is 0.167. The summed E-state index contributed by atoms with van der Waals surface area (Å²) in [6.07, 6.45) is 0. The lowest BCUT2D eigenvalue weighted by atomic mass is 10.1. The van der Waals surface area contributed by atoms with E-state index in [-0.39, 0.29) is 0 Å². The summed E-state index contributed by atoms with van der Waals surface area (Å²) in [5, 5.41) is 11.5. The van der Waals surface area contributed by atoms with Gasteiger partial charge in [-0.25, -0.2) is 0 Å². The fourth-order valence-corrected chi connectivity index (χ4v) is 2.39. The van der Waals surface area contributed by atoms with E-state index in [0.717, 1.165) is 5.56 Å². The summed E-state index contributed by atoms with van der Waals surface area (Å²) in [6.45, 7) is 4.02. The molecule has 1 heterocycles. The Kier molecular flexibility index (Phi) is 2.30. The van der Waals surface area contributed by atoms with Crippen LogP contribution in [0.15, 0.2) is 29.6 Å². The number of hydrogen-bond acceptors (Lipinski definition) is 2. The van der Waals surface area contributed by atoms with Crippen LogP contribution in [0.4, 0.5) is 0 Å². The van der Waals surface area contributed by atoms with Crippen LogP contribution in [0, 0.1) is 13.8 Å². The predicted molar refractivity (Wildman–Crippen MR) is 60.9 cm³/mol. The third kappa shape index (κ3) is 1.53. The molecule has 1 nitrogen and oxygen atoms in total. The first kappa shape index (κ1) is 9.28. The van der Waals surface area contributed by atoms with Crippen LogP contribution < -0.4 is 0 Å². The molecule has 0 atom stereocenters. The van der Waals surface area contributed by atoms with Gasteiger partial charge in [0.25, 0.3) is 0 Å². The SMILES string of the molecule is Cc1cc(-c2sccc2C)ccc1O. The second kappa shape index (κ2) is 3.46.